The van der Waals surface area contributed by atoms with Gasteiger partial charge in [-0.3, -0.25) is 19.5 Å². The summed E-state index contributed by atoms with van der Waals surface area (Å²) in [6.45, 7) is 5.65. The van der Waals surface area contributed by atoms with Crippen LogP contribution in [-0.2, 0) is 20.9 Å². The van der Waals surface area contributed by atoms with E-state index >= 15 is 0 Å². The molecule has 1 saturated carbocycles. The normalized spacial score (nSPS) is 25.9. The fourth-order valence-corrected chi connectivity index (χ4v) is 4.89. The summed E-state index contributed by atoms with van der Waals surface area (Å²) in [6, 6.07) is 3.74. The number of hydrogen-bond acceptors (Lipinski definition) is 5. The number of carbonyl (C=O) groups excluding carboxylic acids is 2. The SMILES string of the molecule is CCNC(=NCCCN1C(=O)C2C3C=CC(C3)C2C1=O)NCCCOCc1ccco1.I. The van der Waals surface area contributed by atoms with E-state index in [1.165, 1.54) is 4.90 Å². The predicted octanol–water partition coefficient (Wildman–Crippen LogP) is 2.56. The first-order valence-corrected chi connectivity index (χ1v) is 11.3. The van der Waals surface area contributed by atoms with Gasteiger partial charge in [-0.1, -0.05) is 12.2 Å². The lowest BCUT2D eigenvalue weighted by Gasteiger charge is -2.17. The summed E-state index contributed by atoms with van der Waals surface area (Å²) in [4.78, 5) is 31.5. The van der Waals surface area contributed by atoms with Crippen LogP contribution in [0.1, 0.15) is 31.9 Å². The molecule has 3 aliphatic rings. The minimum Gasteiger partial charge on any atom is -0.467 e. The summed E-state index contributed by atoms with van der Waals surface area (Å²) in [7, 11) is 0. The summed E-state index contributed by atoms with van der Waals surface area (Å²) in [5.74, 6) is 1.92. The number of aliphatic imine (C=N–C) groups is 1. The van der Waals surface area contributed by atoms with Crippen molar-refractivity contribution in [3.05, 3.63) is 36.3 Å². The second-order valence-corrected chi connectivity index (χ2v) is 8.35. The van der Waals surface area contributed by atoms with E-state index in [4.69, 9.17) is 9.15 Å². The topological polar surface area (TPSA) is 96.2 Å². The van der Waals surface area contributed by atoms with Crippen molar-refractivity contribution in [3.8, 4) is 0 Å². The maximum Gasteiger partial charge on any atom is 0.233 e. The Balaban J connectivity index is 0.00000289. The first-order valence-electron chi connectivity index (χ1n) is 11.3. The zero-order chi connectivity index (χ0) is 21.6. The van der Waals surface area contributed by atoms with Crippen LogP contribution in [0.15, 0.2) is 40.0 Å². The van der Waals surface area contributed by atoms with Gasteiger partial charge in [0.25, 0.3) is 0 Å². The van der Waals surface area contributed by atoms with Crippen molar-refractivity contribution in [2.45, 2.75) is 32.8 Å². The van der Waals surface area contributed by atoms with Gasteiger partial charge in [0, 0.05) is 32.8 Å². The van der Waals surface area contributed by atoms with E-state index in [1.807, 2.05) is 19.1 Å². The molecular weight excluding hydrogens is 523 g/mol. The number of ether oxygens (including phenoxy) is 1. The van der Waals surface area contributed by atoms with Gasteiger partial charge >= 0.3 is 0 Å². The Bertz CT molecular complexity index is 796. The average Bonchev–Trinajstić information content (AvgIpc) is 3.55. The summed E-state index contributed by atoms with van der Waals surface area (Å²) < 4.78 is 10.8. The second kappa shape index (κ2) is 11.8. The molecule has 176 valence electrons. The second-order valence-electron chi connectivity index (χ2n) is 8.35. The minimum absolute atomic E-state index is 0. The van der Waals surface area contributed by atoms with Crippen LogP contribution in [0.25, 0.3) is 0 Å². The van der Waals surface area contributed by atoms with Crippen LogP contribution in [0.4, 0.5) is 0 Å². The van der Waals surface area contributed by atoms with Gasteiger partial charge in [-0.05, 0) is 50.2 Å². The molecule has 2 fully saturated rings. The minimum atomic E-state index is -0.111. The molecule has 2 aliphatic carbocycles. The molecule has 32 heavy (non-hydrogen) atoms. The van der Waals surface area contributed by atoms with Crippen LogP contribution >= 0.6 is 24.0 Å². The number of amides is 2. The zero-order valence-corrected chi connectivity index (χ0v) is 20.8. The predicted molar refractivity (Wildman–Crippen MR) is 131 cm³/mol. The van der Waals surface area contributed by atoms with E-state index in [9.17, 15) is 9.59 Å². The largest absolute Gasteiger partial charge is 0.467 e. The molecule has 2 amide bonds. The number of imide groups is 1. The molecule has 4 rings (SSSR count). The molecule has 4 atom stereocenters. The summed E-state index contributed by atoms with van der Waals surface area (Å²) in [6.07, 6.45) is 8.38. The van der Waals surface area contributed by atoms with Crippen molar-refractivity contribution >= 4 is 41.8 Å². The number of nitrogens with zero attached hydrogens (tertiary/aromatic N) is 2. The quantitative estimate of drug-likeness (QED) is 0.109. The van der Waals surface area contributed by atoms with Crippen molar-refractivity contribution < 1.29 is 18.7 Å². The van der Waals surface area contributed by atoms with Crippen molar-refractivity contribution in [3.63, 3.8) is 0 Å². The van der Waals surface area contributed by atoms with E-state index in [0.717, 1.165) is 37.7 Å². The fourth-order valence-electron chi connectivity index (χ4n) is 4.89. The third kappa shape index (κ3) is 5.54. The number of allylic oxidation sites excluding steroid dienone is 2. The Morgan fingerprint density at radius 2 is 1.94 bits per heavy atom. The van der Waals surface area contributed by atoms with Gasteiger partial charge in [-0.15, -0.1) is 24.0 Å². The van der Waals surface area contributed by atoms with Crippen LogP contribution in [0.3, 0.4) is 0 Å². The van der Waals surface area contributed by atoms with Crippen molar-refractivity contribution in [1.29, 1.82) is 0 Å². The molecule has 0 spiro atoms. The number of carbonyl (C=O) groups is 2. The molecule has 1 saturated heterocycles. The Morgan fingerprint density at radius 3 is 2.59 bits per heavy atom. The molecule has 2 heterocycles. The highest BCUT2D eigenvalue weighted by Gasteiger charge is 2.58. The molecule has 0 radical (unpaired) electrons. The number of fused-ring (bicyclic) bond motifs is 5. The molecule has 8 nitrogen and oxygen atoms in total. The van der Waals surface area contributed by atoms with Gasteiger partial charge in [-0.2, -0.15) is 0 Å². The van der Waals surface area contributed by atoms with Crippen LogP contribution < -0.4 is 10.6 Å². The third-order valence-corrected chi connectivity index (χ3v) is 6.30. The lowest BCUT2D eigenvalue weighted by atomic mass is 9.85. The monoisotopic (exact) mass is 556 g/mol. The molecule has 9 heteroatoms. The van der Waals surface area contributed by atoms with Gasteiger partial charge < -0.3 is 19.8 Å². The molecule has 1 aromatic rings. The summed E-state index contributed by atoms with van der Waals surface area (Å²) >= 11 is 0. The van der Waals surface area contributed by atoms with Crippen LogP contribution in [0.5, 0.6) is 0 Å². The van der Waals surface area contributed by atoms with E-state index in [2.05, 4.69) is 27.8 Å². The molecule has 1 aromatic heterocycles. The lowest BCUT2D eigenvalue weighted by molar-refractivity contribution is -0.140. The van der Waals surface area contributed by atoms with E-state index in [1.54, 1.807) is 6.26 Å². The maximum atomic E-state index is 12.7. The number of hydrogen-bond donors (Lipinski definition) is 2. The van der Waals surface area contributed by atoms with Gasteiger partial charge in [-0.25, -0.2) is 0 Å². The van der Waals surface area contributed by atoms with E-state index in [0.29, 0.717) is 32.7 Å². The highest BCUT2D eigenvalue weighted by atomic mass is 127. The van der Waals surface area contributed by atoms with Gasteiger partial charge in [0.2, 0.25) is 11.8 Å². The maximum absolute atomic E-state index is 12.7. The first-order chi connectivity index (χ1) is 15.2. The number of halogens is 1. The molecule has 1 aliphatic heterocycles. The van der Waals surface area contributed by atoms with Gasteiger partial charge in [0.05, 0.1) is 18.1 Å². The molecule has 0 aromatic carbocycles. The van der Waals surface area contributed by atoms with Crippen LogP contribution in [0, 0.1) is 23.7 Å². The summed E-state index contributed by atoms with van der Waals surface area (Å²) in [5.41, 5.74) is 0. The van der Waals surface area contributed by atoms with Crippen molar-refractivity contribution in [1.82, 2.24) is 15.5 Å². The van der Waals surface area contributed by atoms with Crippen molar-refractivity contribution in [2.24, 2.45) is 28.7 Å². The van der Waals surface area contributed by atoms with E-state index < -0.39 is 0 Å². The van der Waals surface area contributed by atoms with Gasteiger partial charge in [0.15, 0.2) is 5.96 Å². The molecule has 2 bridgehead atoms. The molecular formula is C23H33IN4O4. The fraction of sp³-hybridized carbons (Fsp3) is 0.609. The number of guanidine groups is 1. The Kier molecular flexibility index (Phi) is 9.15. The number of rotatable bonds is 11. The molecule has 2 N–H and O–H groups in total. The average molecular weight is 556 g/mol. The standard InChI is InChI=1S/C23H32N4O4.HI/c1-2-24-23(26-10-5-12-30-15-18-6-3-13-31-18)25-9-4-11-27-21(28)19-16-7-8-17(14-16)20(19)22(27)29;/h3,6-8,13,16-17,19-20H,2,4-5,9-12,14-15H2,1H3,(H2,24,25,26);1H. The smallest absolute Gasteiger partial charge is 0.233 e. The molecule has 4 unspecified atom stereocenters. The van der Waals surface area contributed by atoms with Crippen molar-refractivity contribution in [2.75, 3.05) is 32.8 Å². The van der Waals surface area contributed by atoms with E-state index in [-0.39, 0.29) is 59.5 Å². The van der Waals surface area contributed by atoms with Crippen LogP contribution in [0.2, 0.25) is 0 Å². The Morgan fingerprint density at radius 1 is 1.19 bits per heavy atom. The Labute approximate surface area is 206 Å². The highest BCUT2D eigenvalue weighted by molar-refractivity contribution is 14.0. The van der Waals surface area contributed by atoms with Gasteiger partial charge in [0.1, 0.15) is 12.4 Å². The third-order valence-electron chi connectivity index (χ3n) is 6.30. The lowest BCUT2D eigenvalue weighted by Crippen LogP contribution is -2.38. The highest BCUT2D eigenvalue weighted by Crippen LogP contribution is 2.52. The number of furan rings is 1. The number of nitrogens with one attached hydrogen (secondary N) is 2. The Hall–Kier alpha value is -1.88. The zero-order valence-electron chi connectivity index (χ0n) is 18.5. The van der Waals surface area contributed by atoms with Crippen LogP contribution in [-0.4, -0.2) is 55.5 Å². The summed E-state index contributed by atoms with van der Waals surface area (Å²) in [5, 5.41) is 6.51. The number of likely N-dealkylation sites (tertiary alicyclic amines) is 1. The first kappa shape index (κ1) is 24.8.